The molecule has 0 spiro atoms. The number of hydrogen-bond donors (Lipinski definition) is 2. The van der Waals surface area contributed by atoms with Crippen LogP contribution in [0.15, 0.2) is 36.5 Å². The second-order valence-corrected chi connectivity index (χ2v) is 11.1. The largest absolute Gasteiger partial charge is 0.465 e. The fourth-order valence-electron chi connectivity index (χ4n) is 5.86. The number of fused-ring (bicyclic) bond motifs is 1. The highest BCUT2D eigenvalue weighted by Gasteiger charge is 2.50. The Morgan fingerprint density at radius 2 is 1.57 bits per heavy atom. The van der Waals surface area contributed by atoms with E-state index in [1.807, 2.05) is 0 Å². The van der Waals surface area contributed by atoms with E-state index in [1.54, 1.807) is 4.90 Å². The number of hydrogen-bond acceptors (Lipinski definition) is 7. The number of nitrogens with two attached hydrogens (primary N) is 1. The van der Waals surface area contributed by atoms with Gasteiger partial charge in [0, 0.05) is 25.9 Å². The number of halogens is 9. The molecule has 0 aliphatic carbocycles. The summed E-state index contributed by atoms with van der Waals surface area (Å²) < 4.78 is 128. The van der Waals surface area contributed by atoms with Crippen molar-refractivity contribution >= 4 is 17.5 Å². The molecule has 254 valence electrons. The summed E-state index contributed by atoms with van der Waals surface area (Å²) in [6.07, 6.45) is -16.3. The molecule has 18 heteroatoms. The van der Waals surface area contributed by atoms with Crippen molar-refractivity contribution in [2.75, 3.05) is 36.1 Å². The summed E-state index contributed by atoms with van der Waals surface area (Å²) in [5.41, 5.74) is -0.0514. The molecule has 0 radical (unpaired) electrons. The average Bonchev–Trinajstić information content (AvgIpc) is 2.99. The summed E-state index contributed by atoms with van der Waals surface area (Å²) in [5, 5.41) is 10.1. The van der Waals surface area contributed by atoms with Crippen LogP contribution in [0, 0.1) is 0 Å². The fourth-order valence-corrected chi connectivity index (χ4v) is 5.86. The summed E-state index contributed by atoms with van der Waals surface area (Å²) in [7, 11) is 0. The van der Waals surface area contributed by atoms with E-state index in [2.05, 4.69) is 15.0 Å². The van der Waals surface area contributed by atoms with Crippen LogP contribution in [0.2, 0.25) is 0 Å². The summed E-state index contributed by atoms with van der Waals surface area (Å²) >= 11 is 0. The van der Waals surface area contributed by atoms with Gasteiger partial charge >= 0.3 is 24.6 Å². The quantitative estimate of drug-likeness (QED) is 0.305. The Morgan fingerprint density at radius 1 is 0.957 bits per heavy atom. The number of pyridine rings is 1. The number of nitrogens with zero attached hydrogens (tertiary/aromatic N) is 5. The van der Waals surface area contributed by atoms with E-state index < -0.39 is 59.4 Å². The van der Waals surface area contributed by atoms with Crippen LogP contribution >= 0.6 is 0 Å². The zero-order chi connectivity index (χ0) is 34.5. The first kappa shape index (κ1) is 34.2. The highest BCUT2D eigenvalue weighted by atomic mass is 19.4. The van der Waals surface area contributed by atoms with Crippen molar-refractivity contribution in [3.8, 4) is 0 Å². The maximum absolute atomic E-state index is 13.6. The Kier molecular flexibility index (Phi) is 8.80. The van der Waals surface area contributed by atoms with E-state index in [0.29, 0.717) is 23.1 Å². The lowest BCUT2D eigenvalue weighted by molar-refractivity contribution is -0.143. The van der Waals surface area contributed by atoms with Gasteiger partial charge in [-0.05, 0) is 42.3 Å². The molecule has 0 saturated carbocycles. The molecule has 2 aliphatic heterocycles. The van der Waals surface area contributed by atoms with Gasteiger partial charge in [-0.1, -0.05) is 6.92 Å². The molecule has 1 aromatic carbocycles. The Labute approximate surface area is 261 Å². The molecule has 1 amide bonds. The SMILES string of the molecule is CCC1(N)C(c2ncc(N3CCOCC3)c(Cc3cc(C(F)(F)F)cc(C(F)(F)F)c3)n2)Cc2nc(C(F)(F)F)ccc2N1C(=O)O. The molecule has 3 aromatic rings. The van der Waals surface area contributed by atoms with E-state index in [0.717, 1.165) is 6.07 Å². The number of amides is 1. The van der Waals surface area contributed by atoms with Crippen LogP contribution in [0.5, 0.6) is 0 Å². The minimum atomic E-state index is -5.10. The van der Waals surface area contributed by atoms with Gasteiger partial charge in [-0.3, -0.25) is 4.90 Å². The van der Waals surface area contributed by atoms with Gasteiger partial charge in [0.2, 0.25) is 0 Å². The number of carbonyl (C=O) groups is 1. The van der Waals surface area contributed by atoms with E-state index in [9.17, 15) is 49.4 Å². The maximum Gasteiger partial charge on any atom is 0.433 e. The number of ether oxygens (including phenoxy) is 1. The molecule has 5 rings (SSSR count). The number of rotatable bonds is 5. The fraction of sp³-hybridized carbons (Fsp3) is 0.448. The maximum atomic E-state index is 13.6. The van der Waals surface area contributed by atoms with E-state index in [-0.39, 0.29) is 79.4 Å². The van der Waals surface area contributed by atoms with E-state index in [4.69, 9.17) is 10.5 Å². The van der Waals surface area contributed by atoms with Crippen molar-refractivity contribution in [1.82, 2.24) is 15.0 Å². The number of morpholine rings is 1. The van der Waals surface area contributed by atoms with Gasteiger partial charge in [0.1, 0.15) is 17.2 Å². The van der Waals surface area contributed by atoms with Crippen molar-refractivity contribution in [2.45, 2.75) is 56.3 Å². The average molecular weight is 679 g/mol. The lowest BCUT2D eigenvalue weighted by atomic mass is 9.80. The van der Waals surface area contributed by atoms with Crippen LogP contribution in [-0.2, 0) is 36.1 Å². The van der Waals surface area contributed by atoms with Crippen molar-refractivity contribution in [2.24, 2.45) is 5.73 Å². The molecule has 47 heavy (non-hydrogen) atoms. The van der Waals surface area contributed by atoms with Crippen LogP contribution in [0.3, 0.4) is 0 Å². The number of anilines is 2. The number of carboxylic acid groups (broad SMARTS) is 1. The Bertz CT molecular complexity index is 1630. The first-order valence-corrected chi connectivity index (χ1v) is 14.2. The van der Waals surface area contributed by atoms with Crippen molar-refractivity contribution in [3.05, 3.63) is 76.1 Å². The van der Waals surface area contributed by atoms with Gasteiger partial charge in [0.05, 0.1) is 59.2 Å². The zero-order valence-electron chi connectivity index (χ0n) is 24.5. The van der Waals surface area contributed by atoms with Crippen molar-refractivity contribution in [1.29, 1.82) is 0 Å². The van der Waals surface area contributed by atoms with Crippen molar-refractivity contribution in [3.63, 3.8) is 0 Å². The molecule has 4 heterocycles. The summed E-state index contributed by atoms with van der Waals surface area (Å²) in [6.45, 7) is 2.62. The molecule has 2 atom stereocenters. The monoisotopic (exact) mass is 678 g/mol. The van der Waals surface area contributed by atoms with Gasteiger partial charge in [-0.25, -0.2) is 19.7 Å². The molecule has 1 fully saturated rings. The molecule has 2 unspecified atom stereocenters. The molecule has 0 bridgehead atoms. The van der Waals surface area contributed by atoms with Gasteiger partial charge in [-0.2, -0.15) is 39.5 Å². The lowest BCUT2D eigenvalue weighted by Gasteiger charge is -2.47. The first-order valence-electron chi connectivity index (χ1n) is 14.2. The Hall–Kier alpha value is -4.19. The third-order valence-corrected chi connectivity index (χ3v) is 8.20. The summed E-state index contributed by atoms with van der Waals surface area (Å²) in [6, 6.07) is 2.73. The topological polar surface area (TPSA) is 118 Å². The lowest BCUT2D eigenvalue weighted by Crippen LogP contribution is -2.64. The Balaban J connectivity index is 1.67. The minimum Gasteiger partial charge on any atom is -0.465 e. The van der Waals surface area contributed by atoms with Crippen LogP contribution in [-0.4, -0.2) is 58.1 Å². The normalized spacial score (nSPS) is 20.7. The smallest absolute Gasteiger partial charge is 0.433 e. The third-order valence-electron chi connectivity index (χ3n) is 8.20. The van der Waals surface area contributed by atoms with Gasteiger partial charge in [0.25, 0.3) is 0 Å². The number of alkyl halides is 9. The van der Waals surface area contributed by atoms with Crippen LogP contribution in [0.4, 0.5) is 55.7 Å². The minimum absolute atomic E-state index is 0.00395. The molecular formula is C29H27F9N6O3. The second-order valence-electron chi connectivity index (χ2n) is 11.1. The van der Waals surface area contributed by atoms with Gasteiger partial charge < -0.3 is 20.5 Å². The van der Waals surface area contributed by atoms with Crippen molar-refractivity contribution < 1.29 is 54.2 Å². The molecule has 2 aliphatic rings. The Morgan fingerprint density at radius 3 is 2.11 bits per heavy atom. The highest BCUT2D eigenvalue weighted by Crippen LogP contribution is 2.45. The second kappa shape index (κ2) is 12.1. The molecular weight excluding hydrogens is 651 g/mol. The zero-order valence-corrected chi connectivity index (χ0v) is 24.5. The molecule has 1 saturated heterocycles. The highest BCUT2D eigenvalue weighted by molar-refractivity contribution is 5.89. The van der Waals surface area contributed by atoms with Crippen LogP contribution in [0.1, 0.15) is 58.9 Å². The molecule has 9 nitrogen and oxygen atoms in total. The van der Waals surface area contributed by atoms with Gasteiger partial charge in [-0.15, -0.1) is 0 Å². The summed E-state index contributed by atoms with van der Waals surface area (Å²) in [5.74, 6) is -1.41. The third kappa shape index (κ3) is 6.79. The predicted octanol–water partition coefficient (Wildman–Crippen LogP) is 6.24. The number of aromatic nitrogens is 3. The summed E-state index contributed by atoms with van der Waals surface area (Å²) in [4.78, 5) is 27.5. The van der Waals surface area contributed by atoms with Gasteiger partial charge in [0.15, 0.2) is 0 Å². The molecule has 3 N–H and O–H groups in total. The predicted molar refractivity (Wildman–Crippen MR) is 148 cm³/mol. The van der Waals surface area contributed by atoms with E-state index in [1.165, 1.54) is 13.1 Å². The number of benzene rings is 1. The van der Waals surface area contributed by atoms with Crippen LogP contribution < -0.4 is 15.5 Å². The first-order chi connectivity index (χ1) is 21.8. The standard InChI is InChI=1S/C29H27F9N6O3/c1-2-26(39)18(13-20-21(44(26)25(45)46)3-4-23(41-20)29(36,37)38)24-40-14-22(43-5-7-47-8-6-43)19(42-24)11-15-9-16(27(30,31)32)12-17(10-15)28(33,34)35/h3-4,9-10,12,14,18H,2,5-8,11,13,39H2,1H3,(H,45,46). The van der Waals surface area contributed by atoms with Crippen LogP contribution in [0.25, 0.3) is 0 Å². The van der Waals surface area contributed by atoms with E-state index >= 15 is 0 Å². The molecule has 2 aromatic heterocycles.